The van der Waals surface area contributed by atoms with Crippen LogP contribution in [0.2, 0.25) is 0 Å². The highest BCUT2D eigenvalue weighted by atomic mass is 35.5. The van der Waals surface area contributed by atoms with E-state index in [-0.39, 0.29) is 84.4 Å². The molecule has 0 saturated heterocycles. The Bertz CT molecular complexity index is 2260. The van der Waals surface area contributed by atoms with Crippen LogP contribution in [0, 0.1) is 0 Å². The number of aromatic nitrogens is 3. The number of hydrogen-bond donors (Lipinski definition) is 6. The molecule has 5 amide bonds. The number of benzene rings is 2. The van der Waals surface area contributed by atoms with Crippen molar-refractivity contribution >= 4 is 87.4 Å². The topological polar surface area (TPSA) is 219 Å². The minimum absolute atomic E-state index is 0. The van der Waals surface area contributed by atoms with Crippen LogP contribution in [-0.2, 0) is 23.7 Å². The van der Waals surface area contributed by atoms with E-state index in [1.807, 2.05) is 0 Å². The number of unbranched alkanes of at least 4 members (excludes halogenated alkanes) is 1. The van der Waals surface area contributed by atoms with Crippen LogP contribution in [0.4, 0.5) is 22.9 Å². The Morgan fingerprint density at radius 3 is 2.41 bits per heavy atom. The first kappa shape index (κ1) is 41.3. The van der Waals surface area contributed by atoms with Crippen molar-refractivity contribution in [3.63, 3.8) is 0 Å². The van der Waals surface area contributed by atoms with Gasteiger partial charge in [0.15, 0.2) is 11.6 Å². The minimum Gasteiger partial charge on any atom is -0.508 e. The number of aromatic hydroxyl groups is 1. The van der Waals surface area contributed by atoms with Crippen LogP contribution in [0.3, 0.4) is 0 Å². The third kappa shape index (κ3) is 9.50. The first-order valence-electron chi connectivity index (χ1n) is 17.8. The Morgan fingerprint density at radius 2 is 1.66 bits per heavy atom. The molecule has 1 atom stereocenters. The van der Waals surface area contributed by atoms with Crippen LogP contribution >= 0.6 is 24.0 Å². The molecule has 3 aromatic heterocycles. The van der Waals surface area contributed by atoms with E-state index in [9.17, 15) is 29.1 Å². The number of furan rings is 1. The van der Waals surface area contributed by atoms with Gasteiger partial charge in [0.25, 0.3) is 17.7 Å². The molecule has 0 spiro atoms. The second-order valence-electron chi connectivity index (χ2n) is 13.3. The maximum atomic E-state index is 13.5. The fourth-order valence-electron chi connectivity index (χ4n) is 6.40. The van der Waals surface area contributed by atoms with Crippen LogP contribution in [0.15, 0.2) is 65.3 Å². The Labute approximate surface area is 333 Å². The van der Waals surface area contributed by atoms with Crippen molar-refractivity contribution in [2.24, 2.45) is 19.8 Å². The molecule has 7 N–H and O–H groups in total. The number of hydrogen-bond acceptors (Lipinski definition) is 9. The highest BCUT2D eigenvalue weighted by Crippen LogP contribution is 2.40. The molecule has 16 nitrogen and oxygen atoms in total. The molecular weight excluding hydrogens is 765 g/mol. The maximum absolute atomic E-state index is 13.5. The highest BCUT2D eigenvalue weighted by Gasteiger charge is 2.34. The average molecular weight is 809 g/mol. The molecule has 1 aliphatic rings. The summed E-state index contributed by atoms with van der Waals surface area (Å²) in [5, 5.41) is 21.7. The number of phenols is 1. The standard InChI is InChI=1S/C38H42ClN9O7.ClH/c1-46-20-25(16-29(46)36(52)41-13-4-3-12-40)43-37(53)35-45-32(21-47(35)2)44-34(51)7-5-6-33(50)42-24-8-11-30-22(14-24)15-31(55-30)38(54)48-19-23(18-39)27-10-9-26(49)17-28(27)48;/h8-11,14-17,20-21,23,49H,3-7,12-13,18-19,40H2,1-2H3,(H,41,52)(H,42,50)(H,43,53)(H,44,51);1H. The quantitative estimate of drug-likeness (QED) is 0.0613. The number of fused-ring (bicyclic) bond motifs is 2. The van der Waals surface area contributed by atoms with Gasteiger partial charge in [-0.3, -0.25) is 24.0 Å². The lowest BCUT2D eigenvalue weighted by molar-refractivity contribution is -0.117. The summed E-state index contributed by atoms with van der Waals surface area (Å²) in [7, 11) is 3.31. The fourth-order valence-corrected chi connectivity index (χ4v) is 6.66. The lowest BCUT2D eigenvalue weighted by Crippen LogP contribution is -2.29. The minimum atomic E-state index is -0.532. The number of halogens is 2. The zero-order valence-electron chi connectivity index (χ0n) is 30.8. The van der Waals surface area contributed by atoms with Crippen molar-refractivity contribution in [2.75, 3.05) is 46.4 Å². The van der Waals surface area contributed by atoms with Gasteiger partial charge < -0.3 is 50.6 Å². The monoisotopic (exact) mass is 807 g/mol. The molecule has 56 heavy (non-hydrogen) atoms. The summed E-state index contributed by atoms with van der Waals surface area (Å²) < 4.78 is 8.92. The van der Waals surface area contributed by atoms with Crippen molar-refractivity contribution < 1.29 is 33.5 Å². The molecule has 4 heterocycles. The predicted octanol–water partition coefficient (Wildman–Crippen LogP) is 5.08. The molecule has 5 aromatic rings. The predicted molar refractivity (Wildman–Crippen MR) is 215 cm³/mol. The molecule has 18 heteroatoms. The van der Waals surface area contributed by atoms with E-state index in [4.69, 9.17) is 21.8 Å². The maximum Gasteiger partial charge on any atom is 0.294 e. The molecule has 0 bridgehead atoms. The molecule has 296 valence electrons. The number of alkyl halides is 1. The Hall–Kier alpha value is -5.84. The summed E-state index contributed by atoms with van der Waals surface area (Å²) in [4.78, 5) is 70.2. The van der Waals surface area contributed by atoms with Crippen molar-refractivity contribution in [3.8, 4) is 5.75 Å². The highest BCUT2D eigenvalue weighted by molar-refractivity contribution is 6.19. The van der Waals surface area contributed by atoms with Crippen molar-refractivity contribution in [3.05, 3.63) is 83.8 Å². The average Bonchev–Trinajstić information content (AvgIpc) is 3.93. The first-order valence-corrected chi connectivity index (χ1v) is 18.3. The Balaban J connectivity index is 0.00000600. The van der Waals surface area contributed by atoms with Gasteiger partial charge in [0.2, 0.25) is 17.6 Å². The van der Waals surface area contributed by atoms with Crippen molar-refractivity contribution in [2.45, 2.75) is 38.0 Å². The van der Waals surface area contributed by atoms with Crippen molar-refractivity contribution in [1.82, 2.24) is 19.4 Å². The summed E-state index contributed by atoms with van der Waals surface area (Å²) >= 11 is 6.15. The SMILES string of the molecule is Cl.Cn1cc(NC(=O)c2nc(NC(=O)CCCC(=O)Nc3ccc4oc(C(=O)N5CC(CCl)c6ccc(O)cc65)cc4c3)cn2C)cc1C(=O)NCCCCN. The molecule has 0 aliphatic carbocycles. The van der Waals surface area contributed by atoms with Crippen molar-refractivity contribution in [1.29, 1.82) is 0 Å². The largest absolute Gasteiger partial charge is 0.508 e. The van der Waals surface area contributed by atoms with Crippen LogP contribution in [0.25, 0.3) is 11.0 Å². The molecular formula is C38H43Cl2N9O7. The summed E-state index contributed by atoms with van der Waals surface area (Å²) in [6, 6.07) is 13.1. The molecule has 0 radical (unpaired) electrons. The normalized spacial score (nSPS) is 13.2. The van der Waals surface area contributed by atoms with Gasteiger partial charge in [0.05, 0.1) is 11.4 Å². The van der Waals surface area contributed by atoms with Crippen LogP contribution in [-0.4, -0.2) is 74.3 Å². The number of rotatable bonds is 15. The third-order valence-corrected chi connectivity index (χ3v) is 9.53. The Kier molecular flexibility index (Phi) is 13.4. The number of nitrogens with zero attached hydrogens (tertiary/aromatic N) is 4. The van der Waals surface area contributed by atoms with Gasteiger partial charge >= 0.3 is 0 Å². The van der Waals surface area contributed by atoms with E-state index in [1.165, 1.54) is 16.8 Å². The second-order valence-corrected chi connectivity index (χ2v) is 13.6. The van der Waals surface area contributed by atoms with E-state index in [0.29, 0.717) is 59.2 Å². The zero-order chi connectivity index (χ0) is 39.2. The summed E-state index contributed by atoms with van der Waals surface area (Å²) in [5.41, 5.74) is 8.69. The van der Waals surface area contributed by atoms with E-state index >= 15 is 0 Å². The molecule has 6 rings (SSSR count). The summed E-state index contributed by atoms with van der Waals surface area (Å²) in [6.45, 7) is 1.40. The summed E-state index contributed by atoms with van der Waals surface area (Å²) in [5.74, 6) is -1.26. The van der Waals surface area contributed by atoms with E-state index < -0.39 is 5.91 Å². The third-order valence-electron chi connectivity index (χ3n) is 9.16. The number of amides is 5. The zero-order valence-corrected chi connectivity index (χ0v) is 32.3. The van der Waals surface area contributed by atoms with Crippen LogP contribution in [0.5, 0.6) is 5.75 Å². The number of nitrogens with two attached hydrogens (primary N) is 1. The number of phenolic OH excluding ortho intramolecular Hbond substituents is 1. The number of aryl methyl sites for hydroxylation is 2. The van der Waals surface area contributed by atoms with Gasteiger partial charge in [-0.1, -0.05) is 6.07 Å². The number of nitrogens with one attached hydrogen (secondary N) is 4. The second kappa shape index (κ2) is 18.2. The number of anilines is 4. The van der Waals surface area contributed by atoms with Gasteiger partial charge in [-0.2, -0.15) is 0 Å². The van der Waals surface area contributed by atoms with Gasteiger partial charge in [0.1, 0.15) is 17.0 Å². The Morgan fingerprint density at radius 1 is 0.893 bits per heavy atom. The van der Waals surface area contributed by atoms with Crippen LogP contribution < -0.4 is 31.9 Å². The summed E-state index contributed by atoms with van der Waals surface area (Å²) in [6.07, 6.45) is 5.02. The van der Waals surface area contributed by atoms with E-state index in [2.05, 4.69) is 26.3 Å². The van der Waals surface area contributed by atoms with Gasteiger partial charge in [-0.25, -0.2) is 4.98 Å². The van der Waals surface area contributed by atoms with Crippen LogP contribution in [0.1, 0.15) is 75.2 Å². The van der Waals surface area contributed by atoms with E-state index in [0.717, 1.165) is 18.4 Å². The lowest BCUT2D eigenvalue weighted by Gasteiger charge is -2.16. The fraction of sp³-hybridized carbons (Fsp3) is 0.316. The van der Waals surface area contributed by atoms with Gasteiger partial charge in [-0.15, -0.1) is 24.0 Å². The molecule has 2 aromatic carbocycles. The lowest BCUT2D eigenvalue weighted by atomic mass is 10.0. The molecule has 1 aliphatic heterocycles. The molecule has 0 saturated carbocycles. The number of carbonyl (C=O) groups is 5. The first-order chi connectivity index (χ1) is 26.4. The smallest absolute Gasteiger partial charge is 0.294 e. The molecule has 0 fully saturated rings. The number of carbonyl (C=O) groups excluding carboxylic acids is 5. The molecule has 1 unspecified atom stereocenters. The van der Waals surface area contributed by atoms with E-state index in [1.54, 1.807) is 72.2 Å². The van der Waals surface area contributed by atoms with Gasteiger partial charge in [0, 0.05) is 81.4 Å². The van der Waals surface area contributed by atoms with Gasteiger partial charge in [-0.05, 0) is 67.8 Å². The number of imidazole rings is 1.